The molecule has 0 spiro atoms. The van der Waals surface area contributed by atoms with Crippen molar-refractivity contribution in [1.82, 2.24) is 0 Å². The van der Waals surface area contributed by atoms with E-state index in [-0.39, 0.29) is 0 Å². The molecule has 1 atom stereocenters. The Bertz CT molecular complexity index is 1670. The maximum atomic E-state index is 6.10. The molecule has 0 amide bonds. The molecule has 1 aliphatic rings. The average Bonchev–Trinajstić information content (AvgIpc) is 2.85. The molecular weight excluding hydrogens is 510 g/mol. The number of benzene rings is 6. The van der Waals surface area contributed by atoms with Crippen LogP contribution in [-0.4, -0.2) is 32.8 Å². The molecule has 7 rings (SSSR count). The quantitative estimate of drug-likeness (QED) is 0.146. The van der Waals surface area contributed by atoms with E-state index in [1.54, 1.807) is 4.40 Å². The Labute approximate surface area is 196 Å². The first kappa shape index (κ1) is 19.2. The van der Waals surface area contributed by atoms with E-state index in [2.05, 4.69) is 91.0 Å². The molecule has 0 aliphatic carbocycles. The van der Waals surface area contributed by atoms with E-state index in [0.29, 0.717) is 0 Å². The van der Waals surface area contributed by atoms with Crippen LogP contribution < -0.4 is 4.40 Å². The van der Waals surface area contributed by atoms with Crippen LogP contribution in [0, 0.1) is 0 Å². The standard InChI is InChI=1S/C29H24Ge2O/c1-2-6-20-14-25-17-26-23(16-24(25)13-19(20)5-1)10-9-22-15-21-7-3-8-29(28(21)18-27(22)26)31-11-4-12-32-30-31/h1-3,5-10,13-18,31H,4,11-12,30H2. The second-order valence-electron chi connectivity index (χ2n) is 9.24. The van der Waals surface area contributed by atoms with Gasteiger partial charge in [0.05, 0.1) is 0 Å². The molecule has 1 heterocycles. The summed E-state index contributed by atoms with van der Waals surface area (Å²) in [6.45, 7) is 1.03. The van der Waals surface area contributed by atoms with E-state index in [0.717, 1.165) is 6.61 Å². The van der Waals surface area contributed by atoms with Crippen molar-refractivity contribution in [3.05, 3.63) is 91.0 Å². The van der Waals surface area contributed by atoms with Crippen molar-refractivity contribution in [3.63, 3.8) is 0 Å². The molecule has 154 valence electrons. The van der Waals surface area contributed by atoms with Crippen molar-refractivity contribution in [2.24, 2.45) is 0 Å². The fourth-order valence-corrected chi connectivity index (χ4v) is 27.8. The molecule has 6 aromatic rings. The third-order valence-electron chi connectivity index (χ3n) is 7.29. The van der Waals surface area contributed by atoms with Crippen LogP contribution in [0.25, 0.3) is 53.9 Å². The molecule has 0 N–H and O–H groups in total. The van der Waals surface area contributed by atoms with Crippen molar-refractivity contribution in [2.45, 2.75) is 11.7 Å². The topological polar surface area (TPSA) is 9.23 Å². The van der Waals surface area contributed by atoms with Gasteiger partial charge in [-0.25, -0.2) is 0 Å². The number of rotatable bonds is 1. The minimum atomic E-state index is -1.43. The van der Waals surface area contributed by atoms with Crippen LogP contribution in [0.1, 0.15) is 6.42 Å². The van der Waals surface area contributed by atoms with Crippen LogP contribution in [0.5, 0.6) is 0 Å². The van der Waals surface area contributed by atoms with E-state index in [1.807, 2.05) is 0 Å². The zero-order valence-electron chi connectivity index (χ0n) is 18.0. The minimum absolute atomic E-state index is 0.787. The summed E-state index contributed by atoms with van der Waals surface area (Å²) in [4.78, 5) is 0. The Balaban J connectivity index is 1.53. The van der Waals surface area contributed by atoms with Gasteiger partial charge >= 0.3 is 197 Å². The summed E-state index contributed by atoms with van der Waals surface area (Å²) in [7, 11) is 0. The molecule has 0 aromatic heterocycles. The summed E-state index contributed by atoms with van der Waals surface area (Å²) >= 11 is -2.21. The van der Waals surface area contributed by atoms with Gasteiger partial charge in [0.25, 0.3) is 0 Å². The van der Waals surface area contributed by atoms with Gasteiger partial charge < -0.3 is 0 Å². The summed E-state index contributed by atoms with van der Waals surface area (Å²) in [6.07, 6.45) is 1.28. The fraction of sp³-hybridized carbons (Fsp3) is 0.103. The first-order valence-corrected chi connectivity index (χ1v) is 26.4. The van der Waals surface area contributed by atoms with Gasteiger partial charge in [0, 0.05) is 0 Å². The normalized spacial score (nSPS) is 17.8. The molecule has 32 heavy (non-hydrogen) atoms. The number of fused-ring (bicyclic) bond motifs is 6. The zero-order valence-corrected chi connectivity index (χ0v) is 23.4. The van der Waals surface area contributed by atoms with Gasteiger partial charge in [-0.2, -0.15) is 0 Å². The summed E-state index contributed by atoms with van der Waals surface area (Å²) in [6, 6.07) is 34.7. The summed E-state index contributed by atoms with van der Waals surface area (Å²) in [5.74, 6) is 0. The summed E-state index contributed by atoms with van der Waals surface area (Å²) in [5, 5.41) is 15.1. The van der Waals surface area contributed by atoms with E-state index in [1.165, 1.54) is 65.5 Å². The van der Waals surface area contributed by atoms with E-state index < -0.39 is 26.2 Å². The van der Waals surface area contributed by atoms with Gasteiger partial charge in [-0.1, -0.05) is 0 Å². The first-order valence-electron chi connectivity index (χ1n) is 11.6. The van der Waals surface area contributed by atoms with Gasteiger partial charge in [0.1, 0.15) is 0 Å². The molecule has 1 fully saturated rings. The Hall–Kier alpha value is -2.33. The Morgan fingerprint density at radius 2 is 1.19 bits per heavy atom. The van der Waals surface area contributed by atoms with Crippen molar-refractivity contribution in [3.8, 4) is 0 Å². The number of hydrogen-bond acceptors (Lipinski definition) is 1. The van der Waals surface area contributed by atoms with Crippen LogP contribution in [0.4, 0.5) is 0 Å². The Morgan fingerprint density at radius 1 is 0.562 bits per heavy atom. The van der Waals surface area contributed by atoms with Crippen LogP contribution in [-0.2, 0) is 3.76 Å². The SMILES string of the molecule is c1ccc2cc3cc4c(ccc5cc6ccc[c]([GeH]7[CH2]CC[O][GeH2]7)c6cc54)cc3cc2c1. The van der Waals surface area contributed by atoms with Crippen molar-refractivity contribution >= 4 is 84.4 Å². The monoisotopic (exact) mass is 536 g/mol. The van der Waals surface area contributed by atoms with E-state index in [4.69, 9.17) is 3.76 Å². The third-order valence-corrected chi connectivity index (χ3v) is 30.7. The molecule has 1 nitrogen and oxygen atoms in total. The van der Waals surface area contributed by atoms with Gasteiger partial charge in [-0.3, -0.25) is 0 Å². The number of hydrogen-bond donors (Lipinski definition) is 0. The van der Waals surface area contributed by atoms with Crippen molar-refractivity contribution in [1.29, 1.82) is 0 Å². The van der Waals surface area contributed by atoms with Crippen LogP contribution in [0.2, 0.25) is 5.25 Å². The van der Waals surface area contributed by atoms with E-state index in [9.17, 15) is 0 Å². The predicted octanol–water partition coefficient (Wildman–Crippen LogP) is 5.89. The zero-order chi connectivity index (χ0) is 21.1. The van der Waals surface area contributed by atoms with Crippen LogP contribution in [0.15, 0.2) is 91.0 Å². The van der Waals surface area contributed by atoms with Gasteiger partial charge in [-0.05, 0) is 0 Å². The Kier molecular flexibility index (Phi) is 4.56. The molecule has 1 saturated heterocycles. The molecule has 1 unspecified atom stereocenters. The fourth-order valence-electron chi connectivity index (χ4n) is 5.64. The second-order valence-corrected chi connectivity index (χ2v) is 30.6. The second kappa shape index (κ2) is 7.62. The Morgan fingerprint density at radius 3 is 1.94 bits per heavy atom. The molecule has 1 aliphatic heterocycles. The molecule has 3 heteroatoms. The average molecular weight is 534 g/mol. The molecule has 0 radical (unpaired) electrons. The molecule has 6 aromatic carbocycles. The van der Waals surface area contributed by atoms with Crippen LogP contribution in [0.3, 0.4) is 0 Å². The predicted molar refractivity (Wildman–Crippen MR) is 145 cm³/mol. The maximum absolute atomic E-state index is 6.10. The molecule has 0 bridgehead atoms. The van der Waals surface area contributed by atoms with E-state index >= 15 is 0 Å². The summed E-state index contributed by atoms with van der Waals surface area (Å²) in [5.41, 5.74) is 0. The van der Waals surface area contributed by atoms with Crippen molar-refractivity contribution in [2.75, 3.05) is 6.61 Å². The van der Waals surface area contributed by atoms with Gasteiger partial charge in [0.15, 0.2) is 0 Å². The molecular formula is C29H24Ge2O. The van der Waals surface area contributed by atoms with Crippen molar-refractivity contribution < 1.29 is 3.76 Å². The third kappa shape index (κ3) is 3.10. The first-order chi connectivity index (χ1) is 15.8. The molecule has 0 saturated carbocycles. The van der Waals surface area contributed by atoms with Gasteiger partial charge in [-0.15, -0.1) is 0 Å². The van der Waals surface area contributed by atoms with Gasteiger partial charge in [0.2, 0.25) is 0 Å². The summed E-state index contributed by atoms with van der Waals surface area (Å²) < 4.78 is 7.81. The van der Waals surface area contributed by atoms with Crippen LogP contribution >= 0.6 is 0 Å².